The number of carbonyl (C=O) groups excluding carboxylic acids is 2. The molecule has 5 nitrogen and oxygen atoms in total. The molecule has 1 N–H and O–H groups in total. The summed E-state index contributed by atoms with van der Waals surface area (Å²) in [5, 5.41) is 4.61. The number of hydrogen-bond acceptors (Lipinski definition) is 3. The molecule has 5 rings (SSSR count). The summed E-state index contributed by atoms with van der Waals surface area (Å²) in [5.74, 6) is -0.392. The molecule has 1 atom stereocenters. The third-order valence-corrected chi connectivity index (χ3v) is 6.62. The zero-order valence-corrected chi connectivity index (χ0v) is 17.9. The number of hydrogen-bond donors (Lipinski definition) is 1. The summed E-state index contributed by atoms with van der Waals surface area (Å²) in [5.41, 5.74) is 2.58. The Morgan fingerprint density at radius 2 is 1.88 bits per heavy atom. The molecule has 2 aliphatic rings. The number of nitrogens with one attached hydrogen (secondary N) is 1. The molecule has 0 aliphatic carbocycles. The quantitative estimate of drug-likeness (QED) is 0.573. The standard InChI is InChI=1S/C26H26FN3O2/c27-22-11-12-23(21-9-2-1-8-20(21)22)30(17-31)24-10-5-6-18-16-29(26(32)25(18)24)15-13-19-7-3-4-14-28-19/h1-2,5-6,8-12,17,19,28H,3-4,7,13-16H2. The van der Waals surface area contributed by atoms with Crippen molar-refractivity contribution in [1.29, 1.82) is 0 Å². The largest absolute Gasteiger partial charge is 0.334 e. The van der Waals surface area contributed by atoms with Crippen LogP contribution in [0, 0.1) is 5.82 Å². The molecule has 3 aromatic carbocycles. The van der Waals surface area contributed by atoms with E-state index in [-0.39, 0.29) is 11.7 Å². The Balaban J connectivity index is 1.47. The molecule has 2 heterocycles. The van der Waals surface area contributed by atoms with E-state index >= 15 is 0 Å². The molecule has 32 heavy (non-hydrogen) atoms. The van der Waals surface area contributed by atoms with Crippen LogP contribution < -0.4 is 10.2 Å². The van der Waals surface area contributed by atoms with E-state index in [1.54, 1.807) is 30.3 Å². The van der Waals surface area contributed by atoms with Crippen LogP contribution in [0.15, 0.2) is 54.6 Å². The molecule has 0 spiro atoms. The third-order valence-electron chi connectivity index (χ3n) is 6.62. The molecule has 6 heteroatoms. The summed E-state index contributed by atoms with van der Waals surface area (Å²) in [4.78, 5) is 29.0. The molecular formula is C26H26FN3O2. The van der Waals surface area contributed by atoms with Crippen molar-refractivity contribution in [2.24, 2.45) is 0 Å². The fraction of sp³-hybridized carbons (Fsp3) is 0.308. The number of piperidine rings is 1. The maximum Gasteiger partial charge on any atom is 0.256 e. The zero-order valence-electron chi connectivity index (χ0n) is 17.9. The Kier molecular flexibility index (Phi) is 5.62. The summed E-state index contributed by atoms with van der Waals surface area (Å²) in [6, 6.07) is 16.1. The van der Waals surface area contributed by atoms with E-state index in [0.29, 0.717) is 53.3 Å². The van der Waals surface area contributed by atoms with Crippen LogP contribution in [0.5, 0.6) is 0 Å². The predicted octanol–water partition coefficient (Wildman–Crippen LogP) is 4.76. The van der Waals surface area contributed by atoms with Gasteiger partial charge in [0.2, 0.25) is 6.41 Å². The van der Waals surface area contributed by atoms with Gasteiger partial charge >= 0.3 is 0 Å². The SMILES string of the molecule is O=CN(c1cccc2c1C(=O)N(CCC1CCCCN1)C2)c1ccc(F)c2ccccc12. The minimum atomic E-state index is -0.341. The van der Waals surface area contributed by atoms with Crippen molar-refractivity contribution >= 4 is 34.5 Å². The van der Waals surface area contributed by atoms with Crippen molar-refractivity contribution in [2.75, 3.05) is 18.0 Å². The van der Waals surface area contributed by atoms with Crippen molar-refractivity contribution in [3.63, 3.8) is 0 Å². The summed E-state index contributed by atoms with van der Waals surface area (Å²) >= 11 is 0. The highest BCUT2D eigenvalue weighted by atomic mass is 19.1. The van der Waals surface area contributed by atoms with Crippen molar-refractivity contribution < 1.29 is 14.0 Å². The van der Waals surface area contributed by atoms with Gasteiger partial charge in [-0.25, -0.2) is 4.39 Å². The van der Waals surface area contributed by atoms with E-state index in [0.717, 1.165) is 24.9 Å². The highest BCUT2D eigenvalue weighted by Gasteiger charge is 2.32. The number of fused-ring (bicyclic) bond motifs is 2. The van der Waals surface area contributed by atoms with Crippen molar-refractivity contribution in [2.45, 2.75) is 38.3 Å². The Morgan fingerprint density at radius 1 is 1.03 bits per heavy atom. The first-order chi connectivity index (χ1) is 15.7. The third kappa shape index (κ3) is 3.65. The van der Waals surface area contributed by atoms with Crippen LogP contribution in [-0.4, -0.2) is 36.3 Å². The van der Waals surface area contributed by atoms with Gasteiger partial charge in [0.25, 0.3) is 5.91 Å². The second-order valence-corrected chi connectivity index (χ2v) is 8.56. The number of nitrogens with zero attached hydrogens (tertiary/aromatic N) is 2. The Hall–Kier alpha value is -3.25. The van der Waals surface area contributed by atoms with Gasteiger partial charge in [-0.3, -0.25) is 14.5 Å². The average molecular weight is 432 g/mol. The van der Waals surface area contributed by atoms with E-state index in [4.69, 9.17) is 0 Å². The number of halogens is 1. The second-order valence-electron chi connectivity index (χ2n) is 8.56. The van der Waals surface area contributed by atoms with Crippen LogP contribution in [0.2, 0.25) is 0 Å². The van der Waals surface area contributed by atoms with Gasteiger partial charge in [0, 0.05) is 29.9 Å². The molecule has 0 radical (unpaired) electrons. The second kappa shape index (κ2) is 8.71. The maximum atomic E-state index is 14.3. The first kappa shape index (κ1) is 20.6. The molecule has 0 saturated carbocycles. The fourth-order valence-electron chi connectivity index (χ4n) is 4.96. The minimum Gasteiger partial charge on any atom is -0.334 e. The molecule has 2 amide bonds. The monoisotopic (exact) mass is 431 g/mol. The van der Waals surface area contributed by atoms with Crippen LogP contribution in [0.4, 0.5) is 15.8 Å². The predicted molar refractivity (Wildman–Crippen MR) is 124 cm³/mol. The van der Waals surface area contributed by atoms with Crippen LogP contribution in [0.1, 0.15) is 41.6 Å². The lowest BCUT2D eigenvalue weighted by molar-refractivity contribution is -0.106. The summed E-state index contributed by atoms with van der Waals surface area (Å²) in [7, 11) is 0. The molecule has 0 bridgehead atoms. The fourth-order valence-corrected chi connectivity index (χ4v) is 4.96. The molecule has 0 aromatic heterocycles. The smallest absolute Gasteiger partial charge is 0.256 e. The lowest BCUT2D eigenvalue weighted by Gasteiger charge is -2.26. The van der Waals surface area contributed by atoms with E-state index in [2.05, 4.69) is 5.32 Å². The van der Waals surface area contributed by atoms with Crippen molar-refractivity contribution in [3.05, 3.63) is 71.5 Å². The molecular weight excluding hydrogens is 405 g/mol. The number of benzene rings is 3. The Bertz CT molecular complexity index is 1170. The summed E-state index contributed by atoms with van der Waals surface area (Å²) in [6.45, 7) is 2.28. The summed E-state index contributed by atoms with van der Waals surface area (Å²) < 4.78 is 14.3. The maximum absolute atomic E-state index is 14.3. The molecule has 1 saturated heterocycles. The van der Waals surface area contributed by atoms with E-state index in [9.17, 15) is 14.0 Å². The van der Waals surface area contributed by atoms with E-state index < -0.39 is 0 Å². The average Bonchev–Trinajstić information content (AvgIpc) is 3.16. The van der Waals surface area contributed by atoms with Gasteiger partial charge in [0.05, 0.1) is 16.9 Å². The number of amides is 2. The Labute approximate surface area is 186 Å². The van der Waals surface area contributed by atoms with Gasteiger partial charge in [-0.05, 0) is 49.6 Å². The highest BCUT2D eigenvalue weighted by Crippen LogP contribution is 2.38. The van der Waals surface area contributed by atoms with Crippen LogP contribution >= 0.6 is 0 Å². The lowest BCUT2D eigenvalue weighted by Crippen LogP contribution is -2.37. The molecule has 164 valence electrons. The summed E-state index contributed by atoms with van der Waals surface area (Å²) in [6.07, 6.45) is 5.23. The van der Waals surface area contributed by atoms with Gasteiger partial charge in [0.1, 0.15) is 5.82 Å². The van der Waals surface area contributed by atoms with Gasteiger partial charge in [-0.15, -0.1) is 0 Å². The van der Waals surface area contributed by atoms with Crippen LogP contribution in [0.3, 0.4) is 0 Å². The normalized spacial score (nSPS) is 18.1. The van der Waals surface area contributed by atoms with Gasteiger partial charge < -0.3 is 10.2 Å². The highest BCUT2D eigenvalue weighted by molar-refractivity contribution is 6.09. The lowest BCUT2D eigenvalue weighted by atomic mass is 10.0. The van der Waals surface area contributed by atoms with Gasteiger partial charge in [-0.2, -0.15) is 0 Å². The van der Waals surface area contributed by atoms with Crippen LogP contribution in [-0.2, 0) is 11.3 Å². The first-order valence-electron chi connectivity index (χ1n) is 11.2. The molecule has 2 aliphatic heterocycles. The van der Waals surface area contributed by atoms with Crippen LogP contribution in [0.25, 0.3) is 10.8 Å². The van der Waals surface area contributed by atoms with Gasteiger partial charge in [-0.1, -0.05) is 42.8 Å². The first-order valence-corrected chi connectivity index (χ1v) is 11.2. The Morgan fingerprint density at radius 3 is 2.66 bits per heavy atom. The topological polar surface area (TPSA) is 52.7 Å². The molecule has 1 unspecified atom stereocenters. The van der Waals surface area contributed by atoms with E-state index in [1.807, 2.05) is 23.1 Å². The number of carbonyl (C=O) groups is 2. The van der Waals surface area contributed by atoms with Crippen molar-refractivity contribution in [3.8, 4) is 0 Å². The minimum absolute atomic E-state index is 0.0512. The van der Waals surface area contributed by atoms with Crippen molar-refractivity contribution in [1.82, 2.24) is 10.2 Å². The number of anilines is 2. The number of rotatable bonds is 6. The zero-order chi connectivity index (χ0) is 22.1. The molecule has 1 fully saturated rings. The van der Waals surface area contributed by atoms with E-state index in [1.165, 1.54) is 23.8 Å². The molecule has 3 aromatic rings. The van der Waals surface area contributed by atoms with Gasteiger partial charge in [0.15, 0.2) is 0 Å².